The van der Waals surface area contributed by atoms with Crippen molar-refractivity contribution in [2.24, 2.45) is 0 Å². The third-order valence-corrected chi connectivity index (χ3v) is 11.2. The van der Waals surface area contributed by atoms with Crippen LogP contribution < -0.4 is 0 Å². The van der Waals surface area contributed by atoms with Gasteiger partial charge in [-0.3, -0.25) is 0 Å². The Morgan fingerprint density at radius 1 is 0.574 bits per heavy atom. The lowest BCUT2D eigenvalue weighted by molar-refractivity contribution is 0.664. The molecule has 0 N–H and O–H groups in total. The molecular weight excluding hydrogens is 591 g/mol. The molecule has 10 rings (SSSR count). The van der Waals surface area contributed by atoms with E-state index in [2.05, 4.69) is 158 Å². The van der Waals surface area contributed by atoms with Gasteiger partial charge in [0.1, 0.15) is 0 Å². The normalized spacial score (nSPS) is 13.5. The molecule has 0 atom stereocenters. The highest BCUT2D eigenvalue weighted by molar-refractivity contribution is 7.26. The van der Waals surface area contributed by atoms with Crippen LogP contribution >= 0.6 is 11.3 Å². The number of thiophene rings is 1. The van der Waals surface area contributed by atoms with Gasteiger partial charge >= 0.3 is 0 Å². The van der Waals surface area contributed by atoms with Crippen molar-refractivity contribution in [3.63, 3.8) is 0 Å². The molecule has 0 bridgehead atoms. The van der Waals surface area contributed by atoms with E-state index < -0.39 is 0 Å². The molecule has 1 aliphatic rings. The minimum atomic E-state index is -0.169. The molecule has 3 nitrogen and oxygen atoms in total. The van der Waals surface area contributed by atoms with Gasteiger partial charge in [0, 0.05) is 37.4 Å². The molecule has 1 aliphatic carbocycles. The van der Waals surface area contributed by atoms with E-state index in [1.54, 1.807) is 11.3 Å². The summed E-state index contributed by atoms with van der Waals surface area (Å²) in [6, 6.07) is 50.1. The zero-order chi connectivity index (χ0) is 31.3. The second kappa shape index (κ2) is 9.71. The summed E-state index contributed by atoms with van der Waals surface area (Å²) in [7, 11) is 0. The fraction of sp³-hybridized carbons (Fsp3) is 0.0698. The molecule has 0 saturated carbocycles. The summed E-state index contributed by atoms with van der Waals surface area (Å²) >= 11 is 1.77. The van der Waals surface area contributed by atoms with E-state index in [0.29, 0.717) is 0 Å². The third-order valence-electron chi connectivity index (χ3n) is 10.0. The number of fused-ring (bicyclic) bond motifs is 10. The van der Waals surface area contributed by atoms with Crippen molar-refractivity contribution in [1.29, 1.82) is 0 Å². The second-order valence-electron chi connectivity index (χ2n) is 13.0. The predicted octanol–water partition coefficient (Wildman–Crippen LogP) is 11.6. The van der Waals surface area contributed by atoms with E-state index in [0.717, 1.165) is 38.5 Å². The SMILES string of the molecule is CC1(C)c2ccccc2-c2ccc3c4ccccc4n(-c4ccccc4-c4nc(-c5ccccc5)c5sc6ccccc6c5n4)c3c21. The minimum absolute atomic E-state index is 0.169. The van der Waals surface area contributed by atoms with Crippen LogP contribution in [0.5, 0.6) is 0 Å². The lowest BCUT2D eigenvalue weighted by atomic mass is 9.81. The summed E-state index contributed by atoms with van der Waals surface area (Å²) in [4.78, 5) is 10.8. The van der Waals surface area contributed by atoms with Crippen LogP contribution in [0.4, 0.5) is 0 Å². The maximum atomic E-state index is 5.39. The predicted molar refractivity (Wildman–Crippen MR) is 198 cm³/mol. The van der Waals surface area contributed by atoms with Gasteiger partial charge in [0.25, 0.3) is 0 Å². The van der Waals surface area contributed by atoms with Gasteiger partial charge in [-0.2, -0.15) is 0 Å². The van der Waals surface area contributed by atoms with Gasteiger partial charge in [0.2, 0.25) is 0 Å². The average molecular weight is 620 g/mol. The first-order chi connectivity index (χ1) is 23.1. The van der Waals surface area contributed by atoms with Gasteiger partial charge in [-0.25, -0.2) is 9.97 Å². The number of benzene rings is 6. The molecule has 0 unspecified atom stereocenters. The Kier molecular flexibility index (Phi) is 5.50. The van der Waals surface area contributed by atoms with Crippen LogP contribution in [0.25, 0.3) is 81.6 Å². The number of hydrogen-bond acceptors (Lipinski definition) is 3. The lowest BCUT2D eigenvalue weighted by Crippen LogP contribution is -2.16. The molecule has 47 heavy (non-hydrogen) atoms. The first kappa shape index (κ1) is 26.6. The zero-order valence-electron chi connectivity index (χ0n) is 26.0. The largest absolute Gasteiger partial charge is 0.308 e. The van der Waals surface area contributed by atoms with E-state index in [1.807, 2.05) is 0 Å². The lowest BCUT2D eigenvalue weighted by Gasteiger charge is -2.24. The quantitative estimate of drug-likeness (QED) is 0.197. The molecule has 0 radical (unpaired) electrons. The molecule has 222 valence electrons. The van der Waals surface area contributed by atoms with E-state index in [1.165, 1.54) is 54.1 Å². The fourth-order valence-electron chi connectivity index (χ4n) is 7.92. The first-order valence-corrected chi connectivity index (χ1v) is 16.9. The average Bonchev–Trinajstić information content (AvgIpc) is 3.74. The van der Waals surface area contributed by atoms with Crippen LogP contribution in [0.1, 0.15) is 25.0 Å². The minimum Gasteiger partial charge on any atom is -0.308 e. The number of hydrogen-bond donors (Lipinski definition) is 0. The van der Waals surface area contributed by atoms with E-state index in [9.17, 15) is 0 Å². The monoisotopic (exact) mass is 619 g/mol. The van der Waals surface area contributed by atoms with Gasteiger partial charge < -0.3 is 4.57 Å². The number of nitrogens with zero attached hydrogens (tertiary/aromatic N) is 3. The van der Waals surface area contributed by atoms with Gasteiger partial charge in [-0.05, 0) is 46.5 Å². The molecule has 9 aromatic rings. The number of para-hydroxylation sites is 2. The molecule has 0 spiro atoms. The van der Waals surface area contributed by atoms with Gasteiger partial charge in [-0.1, -0.05) is 129 Å². The smallest absolute Gasteiger partial charge is 0.162 e. The second-order valence-corrected chi connectivity index (χ2v) is 14.0. The number of rotatable bonds is 3. The van der Waals surface area contributed by atoms with Gasteiger partial charge in [0.05, 0.1) is 32.6 Å². The Morgan fingerprint density at radius 3 is 2.15 bits per heavy atom. The Morgan fingerprint density at radius 2 is 1.28 bits per heavy atom. The standard InChI is InChI=1S/C43H29N3S/c1-43(2)33-20-10-6-16-27(33)29-24-25-30-28-17-7-11-21-34(28)46(40(30)37(29)43)35-22-12-8-18-31(35)42-44-38(26-14-4-3-5-15-26)41-39(45-42)32-19-9-13-23-36(32)47-41/h3-25H,1-2H3. The van der Waals surface area contributed by atoms with Crippen molar-refractivity contribution in [3.05, 3.63) is 151 Å². The Labute approximate surface area is 276 Å². The maximum Gasteiger partial charge on any atom is 0.162 e. The Balaban J connectivity index is 1.32. The van der Waals surface area contributed by atoms with Crippen LogP contribution in [0.3, 0.4) is 0 Å². The van der Waals surface area contributed by atoms with Crippen LogP contribution in [0.2, 0.25) is 0 Å². The summed E-state index contributed by atoms with van der Waals surface area (Å²) in [6.45, 7) is 4.74. The van der Waals surface area contributed by atoms with Crippen molar-refractivity contribution in [2.75, 3.05) is 0 Å². The van der Waals surface area contributed by atoms with Crippen LogP contribution in [0.15, 0.2) is 140 Å². The summed E-state index contributed by atoms with van der Waals surface area (Å²) in [6.07, 6.45) is 0. The van der Waals surface area contributed by atoms with Crippen LogP contribution in [-0.4, -0.2) is 14.5 Å². The highest BCUT2D eigenvalue weighted by atomic mass is 32.1. The molecule has 3 heterocycles. The van der Waals surface area contributed by atoms with Gasteiger partial charge in [0.15, 0.2) is 5.82 Å². The van der Waals surface area contributed by atoms with Crippen molar-refractivity contribution >= 4 is 53.4 Å². The molecule has 0 aliphatic heterocycles. The van der Waals surface area contributed by atoms with E-state index in [4.69, 9.17) is 9.97 Å². The van der Waals surface area contributed by atoms with Crippen molar-refractivity contribution < 1.29 is 0 Å². The van der Waals surface area contributed by atoms with Gasteiger partial charge in [-0.15, -0.1) is 11.3 Å². The van der Waals surface area contributed by atoms with Crippen LogP contribution in [-0.2, 0) is 5.41 Å². The summed E-state index contributed by atoms with van der Waals surface area (Å²) < 4.78 is 4.82. The summed E-state index contributed by atoms with van der Waals surface area (Å²) in [5.74, 6) is 0.733. The molecule has 3 aromatic heterocycles. The third kappa shape index (κ3) is 3.67. The fourth-order valence-corrected chi connectivity index (χ4v) is 9.08. The molecular formula is C43H29N3S. The number of aromatic nitrogens is 3. The van der Waals surface area contributed by atoms with Crippen molar-refractivity contribution in [1.82, 2.24) is 14.5 Å². The Bertz CT molecular complexity index is 2710. The summed E-state index contributed by atoms with van der Waals surface area (Å²) in [5, 5.41) is 3.68. The summed E-state index contributed by atoms with van der Waals surface area (Å²) in [5.41, 5.74) is 12.8. The van der Waals surface area contributed by atoms with Crippen molar-refractivity contribution in [3.8, 4) is 39.5 Å². The van der Waals surface area contributed by atoms with E-state index >= 15 is 0 Å². The highest BCUT2D eigenvalue weighted by Crippen LogP contribution is 2.53. The maximum absolute atomic E-state index is 5.39. The molecule has 0 amide bonds. The highest BCUT2D eigenvalue weighted by Gasteiger charge is 2.38. The molecule has 4 heteroatoms. The Hall–Kier alpha value is -5.58. The molecule has 0 saturated heterocycles. The zero-order valence-corrected chi connectivity index (χ0v) is 26.8. The van der Waals surface area contributed by atoms with Crippen LogP contribution in [0, 0.1) is 0 Å². The topological polar surface area (TPSA) is 30.7 Å². The van der Waals surface area contributed by atoms with E-state index in [-0.39, 0.29) is 5.41 Å². The molecule has 0 fully saturated rings. The molecule has 6 aromatic carbocycles. The first-order valence-electron chi connectivity index (χ1n) is 16.1. The van der Waals surface area contributed by atoms with Crippen molar-refractivity contribution in [2.45, 2.75) is 19.3 Å².